The van der Waals surface area contributed by atoms with Crippen LogP contribution in [0.5, 0.6) is 0 Å². The zero-order chi connectivity index (χ0) is 12.4. The summed E-state index contributed by atoms with van der Waals surface area (Å²) in [5.74, 6) is 1.57. The summed E-state index contributed by atoms with van der Waals surface area (Å²) in [4.78, 5) is 0. The maximum atomic E-state index is 3.38. The van der Waals surface area contributed by atoms with Gasteiger partial charge in [0.15, 0.2) is 0 Å². The summed E-state index contributed by atoms with van der Waals surface area (Å²) in [7, 11) is 2.08. The normalized spacial score (nSPS) is 24.5. The van der Waals surface area contributed by atoms with Gasteiger partial charge in [-0.25, -0.2) is 0 Å². The van der Waals surface area contributed by atoms with Gasteiger partial charge in [0.1, 0.15) is 0 Å². The number of fused-ring (bicyclic) bond motifs is 1. The minimum atomic E-state index is 0.758. The third-order valence-electron chi connectivity index (χ3n) is 4.28. The molecule has 1 fully saturated rings. The third-order valence-corrected chi connectivity index (χ3v) is 5.26. The second kappa shape index (κ2) is 5.41. The fourth-order valence-electron chi connectivity index (χ4n) is 3.43. The molecule has 0 spiro atoms. The Morgan fingerprint density at radius 3 is 3.00 bits per heavy atom. The number of thiophene rings is 1. The molecule has 0 aliphatic heterocycles. The van der Waals surface area contributed by atoms with Crippen LogP contribution in [0.25, 0.3) is 10.1 Å². The first kappa shape index (κ1) is 12.2. The molecule has 1 aliphatic carbocycles. The first-order valence-electron chi connectivity index (χ1n) is 7.01. The van der Waals surface area contributed by atoms with E-state index in [1.165, 1.54) is 35.8 Å². The van der Waals surface area contributed by atoms with Crippen LogP contribution >= 0.6 is 11.3 Å². The van der Waals surface area contributed by atoms with Crippen molar-refractivity contribution < 1.29 is 0 Å². The van der Waals surface area contributed by atoms with E-state index in [1.54, 1.807) is 5.56 Å². The molecule has 1 aliphatic rings. The van der Waals surface area contributed by atoms with Gasteiger partial charge in [-0.2, -0.15) is 0 Å². The lowest BCUT2D eigenvalue weighted by Crippen LogP contribution is -2.27. The third kappa shape index (κ3) is 2.19. The molecule has 96 valence electrons. The van der Waals surface area contributed by atoms with Crippen molar-refractivity contribution in [2.75, 3.05) is 13.6 Å². The van der Waals surface area contributed by atoms with Crippen molar-refractivity contribution in [3.8, 4) is 0 Å². The summed E-state index contributed by atoms with van der Waals surface area (Å²) >= 11 is 1.91. The predicted molar refractivity (Wildman–Crippen MR) is 80.5 cm³/mol. The second-order valence-electron chi connectivity index (χ2n) is 5.39. The molecule has 0 saturated heterocycles. The summed E-state index contributed by atoms with van der Waals surface area (Å²) in [6.45, 7) is 1.16. The van der Waals surface area contributed by atoms with E-state index in [1.807, 2.05) is 11.3 Å². The zero-order valence-electron chi connectivity index (χ0n) is 11.0. The average molecular weight is 259 g/mol. The zero-order valence-corrected chi connectivity index (χ0v) is 11.8. The van der Waals surface area contributed by atoms with E-state index in [0.29, 0.717) is 0 Å². The molecule has 1 saturated carbocycles. The molecule has 2 unspecified atom stereocenters. The Hall–Kier alpha value is -0.860. The van der Waals surface area contributed by atoms with Crippen molar-refractivity contribution in [2.45, 2.75) is 31.6 Å². The maximum Gasteiger partial charge on any atom is 0.0377 e. The highest BCUT2D eigenvalue weighted by atomic mass is 32.1. The summed E-state index contributed by atoms with van der Waals surface area (Å²) in [6.07, 6.45) is 5.55. The van der Waals surface area contributed by atoms with Gasteiger partial charge in [0.05, 0.1) is 0 Å². The van der Waals surface area contributed by atoms with E-state index >= 15 is 0 Å². The molecule has 2 atom stereocenters. The number of nitrogens with one attached hydrogen (secondary N) is 1. The van der Waals surface area contributed by atoms with Crippen molar-refractivity contribution in [2.24, 2.45) is 5.92 Å². The molecule has 3 rings (SSSR count). The molecule has 1 nitrogen and oxygen atoms in total. The van der Waals surface area contributed by atoms with Crippen LogP contribution < -0.4 is 5.32 Å². The topological polar surface area (TPSA) is 12.0 Å². The molecule has 1 aromatic heterocycles. The molecule has 2 aromatic rings. The van der Waals surface area contributed by atoms with Crippen molar-refractivity contribution in [1.82, 2.24) is 5.32 Å². The molecule has 2 heteroatoms. The average Bonchev–Trinajstić information content (AvgIpc) is 2.88. The summed E-state index contributed by atoms with van der Waals surface area (Å²) < 4.78 is 1.52. The molecule has 0 radical (unpaired) electrons. The largest absolute Gasteiger partial charge is 0.319 e. The van der Waals surface area contributed by atoms with Gasteiger partial charge in [0.2, 0.25) is 0 Å². The van der Waals surface area contributed by atoms with Crippen molar-refractivity contribution in [3.63, 3.8) is 0 Å². The minimum Gasteiger partial charge on any atom is -0.319 e. The van der Waals surface area contributed by atoms with Gasteiger partial charge >= 0.3 is 0 Å². The highest BCUT2D eigenvalue weighted by Gasteiger charge is 2.27. The van der Waals surface area contributed by atoms with Gasteiger partial charge in [-0.1, -0.05) is 31.0 Å². The van der Waals surface area contributed by atoms with E-state index in [4.69, 9.17) is 0 Å². The summed E-state index contributed by atoms with van der Waals surface area (Å²) in [5, 5.41) is 7.03. The smallest absolute Gasteiger partial charge is 0.0377 e. The van der Waals surface area contributed by atoms with Gasteiger partial charge in [-0.15, -0.1) is 11.3 Å². The van der Waals surface area contributed by atoms with Gasteiger partial charge < -0.3 is 5.32 Å². The monoisotopic (exact) mass is 259 g/mol. The first-order chi connectivity index (χ1) is 8.90. The molecular weight excluding hydrogens is 238 g/mol. The highest BCUT2D eigenvalue weighted by molar-refractivity contribution is 7.17. The molecule has 18 heavy (non-hydrogen) atoms. The van der Waals surface area contributed by atoms with E-state index in [9.17, 15) is 0 Å². The Bertz CT molecular complexity index is 515. The van der Waals surface area contributed by atoms with Crippen LogP contribution in [-0.2, 0) is 0 Å². The van der Waals surface area contributed by atoms with Crippen LogP contribution in [-0.4, -0.2) is 13.6 Å². The standard InChI is InChI=1S/C16H21NS/c1-17-11-13-5-2-3-7-14(13)15-8-4-6-12-9-10-18-16(12)15/h4,6,8-10,13-14,17H,2-3,5,7,11H2,1H3. The molecule has 1 heterocycles. The van der Waals surface area contributed by atoms with E-state index < -0.39 is 0 Å². The van der Waals surface area contributed by atoms with Crippen LogP contribution in [0.3, 0.4) is 0 Å². The lowest BCUT2D eigenvalue weighted by molar-refractivity contribution is 0.302. The molecule has 1 aromatic carbocycles. The van der Waals surface area contributed by atoms with Crippen molar-refractivity contribution in [3.05, 3.63) is 35.2 Å². The van der Waals surface area contributed by atoms with Crippen LogP contribution in [0.4, 0.5) is 0 Å². The quantitative estimate of drug-likeness (QED) is 0.861. The minimum absolute atomic E-state index is 0.758. The lowest BCUT2D eigenvalue weighted by Gasteiger charge is -2.32. The van der Waals surface area contributed by atoms with E-state index in [0.717, 1.165) is 18.4 Å². The van der Waals surface area contributed by atoms with Crippen molar-refractivity contribution >= 4 is 21.4 Å². The van der Waals surface area contributed by atoms with Gasteiger partial charge in [-0.05, 0) is 60.7 Å². The van der Waals surface area contributed by atoms with Crippen LogP contribution in [0.2, 0.25) is 0 Å². The van der Waals surface area contributed by atoms with Gasteiger partial charge in [0.25, 0.3) is 0 Å². The summed E-state index contributed by atoms with van der Waals surface area (Å²) in [5.41, 5.74) is 1.60. The van der Waals surface area contributed by atoms with Gasteiger partial charge in [0, 0.05) is 4.70 Å². The Balaban J connectivity index is 1.98. The Kier molecular flexibility index (Phi) is 3.67. The SMILES string of the molecule is CNCC1CCCCC1c1cccc2ccsc12. The molecule has 0 amide bonds. The fraction of sp³-hybridized carbons (Fsp3) is 0.500. The Morgan fingerprint density at radius 1 is 1.22 bits per heavy atom. The Labute approximate surface area is 113 Å². The second-order valence-corrected chi connectivity index (χ2v) is 6.31. The molecule has 0 bridgehead atoms. The van der Waals surface area contributed by atoms with E-state index in [-0.39, 0.29) is 0 Å². The lowest BCUT2D eigenvalue weighted by atomic mass is 9.75. The number of benzene rings is 1. The van der Waals surface area contributed by atoms with Crippen LogP contribution in [0.1, 0.15) is 37.2 Å². The Morgan fingerprint density at radius 2 is 2.11 bits per heavy atom. The molecular formula is C16H21NS. The van der Waals surface area contributed by atoms with Crippen molar-refractivity contribution in [1.29, 1.82) is 0 Å². The van der Waals surface area contributed by atoms with E-state index in [2.05, 4.69) is 42.0 Å². The molecule has 1 N–H and O–H groups in total. The number of hydrogen-bond donors (Lipinski definition) is 1. The maximum absolute atomic E-state index is 3.38. The number of rotatable bonds is 3. The highest BCUT2D eigenvalue weighted by Crippen LogP contribution is 2.41. The van der Waals surface area contributed by atoms with Crippen LogP contribution in [0, 0.1) is 5.92 Å². The number of hydrogen-bond acceptors (Lipinski definition) is 2. The summed E-state index contributed by atoms with van der Waals surface area (Å²) in [6, 6.07) is 9.08. The van der Waals surface area contributed by atoms with Gasteiger partial charge in [-0.3, -0.25) is 0 Å². The van der Waals surface area contributed by atoms with Crippen LogP contribution in [0.15, 0.2) is 29.6 Å². The fourth-order valence-corrected chi connectivity index (χ4v) is 4.41. The predicted octanol–water partition coefficient (Wildman–Crippen LogP) is 4.39. The first-order valence-corrected chi connectivity index (χ1v) is 7.89.